The second kappa shape index (κ2) is 4.08. The fraction of sp³-hybridized carbons (Fsp3) is 0.417. The molecule has 2 N–H and O–H groups in total. The van der Waals surface area contributed by atoms with Crippen LogP contribution in [0, 0.1) is 0 Å². The van der Waals surface area contributed by atoms with E-state index >= 15 is 0 Å². The maximum atomic E-state index is 12.0. The summed E-state index contributed by atoms with van der Waals surface area (Å²) in [5.41, 5.74) is 0.629. The predicted molar refractivity (Wildman–Crippen MR) is 66.3 cm³/mol. The smallest absolute Gasteiger partial charge is 0.243 e. The van der Waals surface area contributed by atoms with Gasteiger partial charge in [0.05, 0.1) is 13.2 Å². The number of hydrogen-bond donors (Lipinski definition) is 2. The van der Waals surface area contributed by atoms with Gasteiger partial charge in [-0.15, -0.1) is 0 Å². The van der Waals surface area contributed by atoms with Crippen molar-refractivity contribution in [1.82, 2.24) is 10.6 Å². The lowest BCUT2D eigenvalue weighted by Crippen LogP contribution is -2.50. The summed E-state index contributed by atoms with van der Waals surface area (Å²) in [5.74, 6) is 0.0258. The van der Waals surface area contributed by atoms with Gasteiger partial charge in [0.15, 0.2) is 0 Å². The lowest BCUT2D eigenvalue weighted by Gasteiger charge is -2.21. The van der Waals surface area contributed by atoms with Crippen molar-refractivity contribution >= 4 is 21.8 Å². The minimum atomic E-state index is -0.352. The average Bonchev–Trinajstić information content (AvgIpc) is 2.88. The molecule has 0 aromatic heterocycles. The second-order valence-electron chi connectivity index (χ2n) is 4.50. The molecule has 1 aromatic carbocycles. The van der Waals surface area contributed by atoms with Crippen LogP contribution in [-0.4, -0.2) is 24.8 Å². The molecule has 2 atom stereocenters. The standard InChI is InChI=1S/C12H13BrN2O2/c13-9-3-1-8(2-4-9)10-11(16)15-12(14-10)5-6-17-7-12/h1-4,10,14H,5-7H2,(H,15,16)/t10-,12+/m0/s1. The number of rotatable bonds is 1. The molecule has 0 saturated carbocycles. The molecule has 1 aromatic rings. The number of halogens is 1. The van der Waals surface area contributed by atoms with E-state index in [4.69, 9.17) is 4.74 Å². The Kier molecular flexibility index (Phi) is 2.69. The summed E-state index contributed by atoms with van der Waals surface area (Å²) in [6.07, 6.45) is 0.825. The van der Waals surface area contributed by atoms with Gasteiger partial charge in [0.25, 0.3) is 0 Å². The van der Waals surface area contributed by atoms with Gasteiger partial charge in [-0.25, -0.2) is 0 Å². The molecule has 2 fully saturated rings. The normalized spacial score (nSPS) is 32.1. The third kappa shape index (κ3) is 1.99. The Labute approximate surface area is 108 Å². The van der Waals surface area contributed by atoms with Gasteiger partial charge in [-0.05, 0) is 17.7 Å². The van der Waals surface area contributed by atoms with Crippen molar-refractivity contribution < 1.29 is 9.53 Å². The summed E-state index contributed by atoms with van der Waals surface area (Å²) in [6, 6.07) is 7.53. The molecule has 2 aliphatic rings. The third-order valence-electron chi connectivity index (χ3n) is 3.27. The maximum absolute atomic E-state index is 12.0. The van der Waals surface area contributed by atoms with E-state index in [9.17, 15) is 4.79 Å². The Bertz CT molecular complexity index is 440. The highest BCUT2D eigenvalue weighted by Crippen LogP contribution is 2.28. The van der Waals surface area contributed by atoms with Crippen LogP contribution in [-0.2, 0) is 9.53 Å². The molecule has 0 radical (unpaired) electrons. The number of carbonyl (C=O) groups excluding carboxylic acids is 1. The van der Waals surface area contributed by atoms with Crippen molar-refractivity contribution in [2.75, 3.05) is 13.2 Å². The van der Waals surface area contributed by atoms with E-state index in [1.807, 2.05) is 24.3 Å². The minimum Gasteiger partial charge on any atom is -0.377 e. The molecule has 1 amide bonds. The highest BCUT2D eigenvalue weighted by atomic mass is 79.9. The Morgan fingerprint density at radius 2 is 2.12 bits per heavy atom. The van der Waals surface area contributed by atoms with Crippen molar-refractivity contribution in [1.29, 1.82) is 0 Å². The zero-order valence-electron chi connectivity index (χ0n) is 9.20. The van der Waals surface area contributed by atoms with Crippen LogP contribution in [0.3, 0.4) is 0 Å². The molecule has 90 valence electrons. The Hall–Kier alpha value is -0.910. The van der Waals surface area contributed by atoms with Crippen molar-refractivity contribution in [3.63, 3.8) is 0 Å². The van der Waals surface area contributed by atoms with Crippen LogP contribution in [0.4, 0.5) is 0 Å². The molecule has 3 rings (SSSR count). The van der Waals surface area contributed by atoms with E-state index in [2.05, 4.69) is 26.6 Å². The van der Waals surface area contributed by atoms with Gasteiger partial charge in [0.1, 0.15) is 11.7 Å². The highest BCUT2D eigenvalue weighted by Gasteiger charge is 2.46. The zero-order chi connectivity index (χ0) is 11.9. The van der Waals surface area contributed by atoms with Crippen molar-refractivity contribution in [2.24, 2.45) is 0 Å². The van der Waals surface area contributed by atoms with E-state index in [0.717, 1.165) is 16.5 Å². The molecule has 4 nitrogen and oxygen atoms in total. The van der Waals surface area contributed by atoms with Crippen LogP contribution in [0.25, 0.3) is 0 Å². The lowest BCUT2D eigenvalue weighted by atomic mass is 10.1. The third-order valence-corrected chi connectivity index (χ3v) is 3.80. The minimum absolute atomic E-state index is 0.0258. The van der Waals surface area contributed by atoms with Gasteiger partial charge in [0.2, 0.25) is 5.91 Å². The Morgan fingerprint density at radius 1 is 1.35 bits per heavy atom. The van der Waals surface area contributed by atoms with Crippen molar-refractivity contribution in [2.45, 2.75) is 18.1 Å². The number of ether oxygens (including phenoxy) is 1. The maximum Gasteiger partial charge on any atom is 0.243 e. The van der Waals surface area contributed by atoms with Gasteiger partial charge in [-0.1, -0.05) is 28.1 Å². The predicted octanol–water partition coefficient (Wildman–Crippen LogP) is 1.33. The van der Waals surface area contributed by atoms with E-state index in [1.54, 1.807) is 0 Å². The molecule has 5 heteroatoms. The van der Waals surface area contributed by atoms with Crippen LogP contribution >= 0.6 is 15.9 Å². The lowest BCUT2D eigenvalue weighted by molar-refractivity contribution is -0.121. The van der Waals surface area contributed by atoms with E-state index in [0.29, 0.717) is 13.2 Å². The quantitative estimate of drug-likeness (QED) is 0.822. The molecular formula is C12H13BrN2O2. The average molecular weight is 297 g/mol. The number of hydrogen-bond acceptors (Lipinski definition) is 3. The van der Waals surface area contributed by atoms with Crippen LogP contribution in [0.5, 0.6) is 0 Å². The summed E-state index contributed by atoms with van der Waals surface area (Å²) in [4.78, 5) is 12.0. The summed E-state index contributed by atoms with van der Waals surface area (Å²) in [5, 5.41) is 6.36. The highest BCUT2D eigenvalue weighted by molar-refractivity contribution is 9.10. The van der Waals surface area contributed by atoms with Gasteiger partial charge in [0, 0.05) is 10.9 Å². The van der Waals surface area contributed by atoms with Gasteiger partial charge in [-0.3, -0.25) is 10.1 Å². The van der Waals surface area contributed by atoms with Gasteiger partial charge in [-0.2, -0.15) is 0 Å². The number of nitrogens with one attached hydrogen (secondary N) is 2. The molecule has 2 saturated heterocycles. The first-order valence-corrected chi connectivity index (χ1v) is 6.41. The monoisotopic (exact) mass is 296 g/mol. The summed E-state index contributed by atoms with van der Waals surface area (Å²) < 4.78 is 6.36. The van der Waals surface area contributed by atoms with E-state index in [-0.39, 0.29) is 17.6 Å². The number of carbonyl (C=O) groups is 1. The first kappa shape index (κ1) is 11.2. The molecule has 0 bridgehead atoms. The Balaban J connectivity index is 1.85. The molecule has 0 aliphatic carbocycles. The second-order valence-corrected chi connectivity index (χ2v) is 5.42. The zero-order valence-corrected chi connectivity index (χ0v) is 10.8. The summed E-state index contributed by atoms with van der Waals surface area (Å²) in [6.45, 7) is 1.24. The molecule has 17 heavy (non-hydrogen) atoms. The molecule has 0 unspecified atom stereocenters. The summed E-state index contributed by atoms with van der Waals surface area (Å²) >= 11 is 3.39. The van der Waals surface area contributed by atoms with Crippen molar-refractivity contribution in [3.05, 3.63) is 34.3 Å². The van der Waals surface area contributed by atoms with Crippen LogP contribution < -0.4 is 10.6 Å². The number of amides is 1. The Morgan fingerprint density at radius 3 is 2.76 bits per heavy atom. The fourth-order valence-electron chi connectivity index (χ4n) is 2.35. The SMILES string of the molecule is O=C1N[C@@]2(CCOC2)N[C@H]1c1ccc(Br)cc1. The van der Waals surface area contributed by atoms with Crippen LogP contribution in [0.15, 0.2) is 28.7 Å². The topological polar surface area (TPSA) is 50.4 Å². The number of benzene rings is 1. The van der Waals surface area contributed by atoms with Crippen LogP contribution in [0.2, 0.25) is 0 Å². The first-order chi connectivity index (χ1) is 8.19. The first-order valence-electron chi connectivity index (χ1n) is 5.61. The van der Waals surface area contributed by atoms with Gasteiger partial charge < -0.3 is 10.1 Å². The fourth-order valence-corrected chi connectivity index (χ4v) is 2.62. The van der Waals surface area contributed by atoms with E-state index < -0.39 is 0 Å². The van der Waals surface area contributed by atoms with E-state index in [1.165, 1.54) is 0 Å². The molecular weight excluding hydrogens is 284 g/mol. The largest absolute Gasteiger partial charge is 0.377 e. The summed E-state index contributed by atoms with van der Waals surface area (Å²) in [7, 11) is 0. The molecule has 1 spiro atoms. The van der Waals surface area contributed by atoms with Crippen molar-refractivity contribution in [3.8, 4) is 0 Å². The molecule has 2 aliphatic heterocycles. The molecule has 2 heterocycles. The van der Waals surface area contributed by atoms with Gasteiger partial charge >= 0.3 is 0 Å². The van der Waals surface area contributed by atoms with Crippen LogP contribution in [0.1, 0.15) is 18.0 Å².